The summed E-state index contributed by atoms with van der Waals surface area (Å²) in [5.74, 6) is 0.166. The predicted molar refractivity (Wildman–Crippen MR) is 104 cm³/mol. The number of nitro groups is 1. The molecule has 8 heteroatoms. The highest BCUT2D eigenvalue weighted by atomic mass is 32.2. The maximum atomic E-state index is 12.6. The van der Waals surface area contributed by atoms with Gasteiger partial charge in [0.2, 0.25) is 0 Å². The molecule has 1 saturated carbocycles. The van der Waals surface area contributed by atoms with E-state index in [1.165, 1.54) is 12.1 Å². The lowest BCUT2D eigenvalue weighted by atomic mass is 9.78. The van der Waals surface area contributed by atoms with Gasteiger partial charge in [0, 0.05) is 17.7 Å². The maximum absolute atomic E-state index is 12.6. The molecule has 0 saturated heterocycles. The Morgan fingerprint density at radius 1 is 1.33 bits per heavy atom. The molecule has 0 heterocycles. The molecule has 2 rings (SSSR count). The van der Waals surface area contributed by atoms with Crippen LogP contribution in [0.15, 0.2) is 23.1 Å². The van der Waals surface area contributed by atoms with Crippen LogP contribution in [0, 0.1) is 22.0 Å². The van der Waals surface area contributed by atoms with Gasteiger partial charge in [-0.3, -0.25) is 19.7 Å². The van der Waals surface area contributed by atoms with Crippen molar-refractivity contribution in [1.29, 1.82) is 0 Å². The quantitative estimate of drug-likeness (QED) is 0.327. The number of hydrogen-bond acceptors (Lipinski definition) is 6. The van der Waals surface area contributed by atoms with Crippen molar-refractivity contribution in [3.05, 3.63) is 33.9 Å². The lowest BCUT2D eigenvalue weighted by molar-refractivity contribution is -0.387. The van der Waals surface area contributed by atoms with Crippen molar-refractivity contribution in [3.63, 3.8) is 0 Å². The second-order valence-electron chi connectivity index (χ2n) is 6.88. The average Bonchev–Trinajstić information content (AvgIpc) is 2.63. The zero-order valence-corrected chi connectivity index (χ0v) is 16.7. The van der Waals surface area contributed by atoms with Crippen molar-refractivity contribution in [1.82, 2.24) is 5.32 Å². The van der Waals surface area contributed by atoms with E-state index in [1.54, 1.807) is 13.0 Å². The molecular formula is C19H26N2O5S. The van der Waals surface area contributed by atoms with Crippen molar-refractivity contribution in [2.75, 3.05) is 12.4 Å². The Morgan fingerprint density at radius 2 is 2.07 bits per heavy atom. The van der Waals surface area contributed by atoms with Gasteiger partial charge in [0.05, 0.1) is 22.2 Å². The van der Waals surface area contributed by atoms with Gasteiger partial charge in [-0.25, -0.2) is 0 Å². The second-order valence-corrected chi connectivity index (χ2v) is 7.90. The first-order chi connectivity index (χ1) is 12.8. The smallest absolute Gasteiger partial charge is 0.316 e. The third-order valence-corrected chi connectivity index (χ3v) is 6.13. The van der Waals surface area contributed by atoms with Crippen LogP contribution in [0.1, 0.15) is 50.4 Å². The summed E-state index contributed by atoms with van der Waals surface area (Å²) in [4.78, 5) is 35.3. The fraction of sp³-hybridized carbons (Fsp3) is 0.579. The molecule has 3 atom stereocenters. The molecule has 0 radical (unpaired) electrons. The Bertz CT molecular complexity index is 709. The molecule has 0 aliphatic heterocycles. The van der Waals surface area contributed by atoms with Crippen LogP contribution in [-0.2, 0) is 9.53 Å². The summed E-state index contributed by atoms with van der Waals surface area (Å²) in [7, 11) is 0. The van der Waals surface area contributed by atoms with Crippen molar-refractivity contribution in [3.8, 4) is 0 Å². The number of benzene rings is 1. The van der Waals surface area contributed by atoms with E-state index in [0.29, 0.717) is 16.7 Å². The van der Waals surface area contributed by atoms with E-state index in [-0.39, 0.29) is 35.6 Å². The lowest BCUT2D eigenvalue weighted by Crippen LogP contribution is -2.43. The first kappa shape index (κ1) is 21.2. The predicted octanol–water partition coefficient (Wildman–Crippen LogP) is 3.80. The lowest BCUT2D eigenvalue weighted by Gasteiger charge is -2.34. The van der Waals surface area contributed by atoms with E-state index < -0.39 is 10.9 Å². The van der Waals surface area contributed by atoms with Crippen molar-refractivity contribution in [2.45, 2.75) is 51.0 Å². The van der Waals surface area contributed by atoms with E-state index in [0.717, 1.165) is 31.0 Å². The molecule has 1 amide bonds. The Hall–Kier alpha value is -2.09. The fourth-order valence-corrected chi connectivity index (χ4v) is 4.10. The minimum absolute atomic E-state index is 0.0162. The van der Waals surface area contributed by atoms with Gasteiger partial charge < -0.3 is 10.1 Å². The number of hydrogen-bond donors (Lipinski definition) is 1. The third kappa shape index (κ3) is 5.69. The molecule has 1 aliphatic rings. The number of carbonyl (C=O) groups is 2. The van der Waals surface area contributed by atoms with Gasteiger partial charge in [0.15, 0.2) is 0 Å². The van der Waals surface area contributed by atoms with Crippen molar-refractivity contribution < 1.29 is 19.2 Å². The van der Waals surface area contributed by atoms with Crippen LogP contribution in [0.3, 0.4) is 0 Å². The molecular weight excluding hydrogens is 368 g/mol. The van der Waals surface area contributed by atoms with Crippen LogP contribution < -0.4 is 5.32 Å². The second kappa shape index (κ2) is 9.73. The van der Waals surface area contributed by atoms with Crippen molar-refractivity contribution >= 4 is 29.3 Å². The Morgan fingerprint density at radius 3 is 2.74 bits per heavy atom. The maximum Gasteiger partial charge on any atom is 0.316 e. The van der Waals surface area contributed by atoms with Gasteiger partial charge in [-0.05, 0) is 37.3 Å². The minimum Gasteiger partial charge on any atom is -0.465 e. The number of esters is 1. The number of nitrogens with zero attached hydrogens (tertiary/aromatic N) is 1. The van der Waals surface area contributed by atoms with E-state index in [4.69, 9.17) is 4.74 Å². The largest absolute Gasteiger partial charge is 0.465 e. The molecule has 1 aliphatic carbocycles. The average molecular weight is 394 g/mol. The zero-order chi connectivity index (χ0) is 20.0. The molecule has 27 heavy (non-hydrogen) atoms. The molecule has 3 unspecified atom stereocenters. The summed E-state index contributed by atoms with van der Waals surface area (Å²) >= 11 is 1.03. The summed E-state index contributed by atoms with van der Waals surface area (Å²) in [6, 6.07) is 4.44. The van der Waals surface area contributed by atoms with Gasteiger partial charge >= 0.3 is 5.97 Å². The monoisotopic (exact) mass is 394 g/mol. The zero-order valence-electron chi connectivity index (χ0n) is 15.9. The molecule has 1 fully saturated rings. The Balaban J connectivity index is 2.11. The Labute approximate surface area is 163 Å². The van der Waals surface area contributed by atoms with Gasteiger partial charge in [-0.2, -0.15) is 0 Å². The van der Waals surface area contributed by atoms with Crippen LogP contribution in [0.25, 0.3) is 0 Å². The van der Waals surface area contributed by atoms with Gasteiger partial charge in [-0.1, -0.05) is 26.7 Å². The molecule has 0 aromatic heterocycles. The minimum atomic E-state index is -0.532. The van der Waals surface area contributed by atoms with Crippen LogP contribution in [0.5, 0.6) is 0 Å². The summed E-state index contributed by atoms with van der Waals surface area (Å²) < 4.78 is 4.84. The van der Waals surface area contributed by atoms with Gasteiger partial charge in [-0.15, -0.1) is 11.8 Å². The number of amides is 1. The molecule has 7 nitrogen and oxygen atoms in total. The highest BCUT2D eigenvalue weighted by Gasteiger charge is 2.29. The fourth-order valence-electron chi connectivity index (χ4n) is 3.30. The third-order valence-electron chi connectivity index (χ3n) is 5.09. The number of nitro benzene ring substituents is 1. The van der Waals surface area contributed by atoms with Crippen molar-refractivity contribution in [2.24, 2.45) is 11.8 Å². The number of thioether (sulfide) groups is 1. The van der Waals surface area contributed by atoms with Gasteiger partial charge in [0.1, 0.15) is 0 Å². The van der Waals surface area contributed by atoms with E-state index in [1.807, 2.05) is 0 Å². The van der Waals surface area contributed by atoms with E-state index in [9.17, 15) is 19.7 Å². The standard InChI is InChI=1S/C19H26N2O5S/c1-4-26-18(22)11-27-17-9-8-14(10-16(17)21(24)25)19(23)20-15-7-5-6-12(2)13(15)3/h8-10,12-13,15H,4-7,11H2,1-3H3,(H,20,23). The SMILES string of the molecule is CCOC(=O)CSc1ccc(C(=O)NC2CCCC(C)C2C)cc1[N+](=O)[O-]. The van der Waals surface area contributed by atoms with Gasteiger partial charge in [0.25, 0.3) is 11.6 Å². The summed E-state index contributed by atoms with van der Waals surface area (Å²) in [5.41, 5.74) is 0.0784. The molecule has 1 aromatic carbocycles. The highest BCUT2D eigenvalue weighted by molar-refractivity contribution is 8.00. The first-order valence-corrected chi connectivity index (χ1v) is 10.2. The van der Waals surface area contributed by atoms with Crippen LogP contribution in [-0.4, -0.2) is 35.2 Å². The first-order valence-electron chi connectivity index (χ1n) is 9.21. The topological polar surface area (TPSA) is 98.5 Å². The van der Waals surface area contributed by atoms with Crippen LogP contribution in [0.4, 0.5) is 5.69 Å². The van der Waals surface area contributed by atoms with Crippen LogP contribution >= 0.6 is 11.8 Å². The number of carbonyl (C=O) groups excluding carboxylic acids is 2. The molecule has 1 N–H and O–H groups in total. The normalized spacial score (nSPS) is 22.1. The summed E-state index contributed by atoms with van der Waals surface area (Å²) in [5, 5.41) is 14.4. The van der Waals surface area contributed by atoms with E-state index >= 15 is 0 Å². The molecule has 0 bridgehead atoms. The molecule has 0 spiro atoms. The molecule has 148 valence electrons. The summed E-state index contributed by atoms with van der Waals surface area (Å²) in [6.45, 7) is 6.28. The number of rotatable bonds is 7. The van der Waals surface area contributed by atoms with E-state index in [2.05, 4.69) is 19.2 Å². The number of nitrogens with one attached hydrogen (secondary N) is 1. The molecule has 1 aromatic rings. The highest BCUT2D eigenvalue weighted by Crippen LogP contribution is 2.32. The van der Waals surface area contributed by atoms with Crippen LogP contribution in [0.2, 0.25) is 0 Å². The summed E-state index contributed by atoms with van der Waals surface area (Å²) in [6.07, 6.45) is 3.15. The number of ether oxygens (including phenoxy) is 1. The Kier molecular flexibility index (Phi) is 7.65.